The summed E-state index contributed by atoms with van der Waals surface area (Å²) in [6.45, 7) is 6.50. The van der Waals surface area contributed by atoms with E-state index < -0.39 is 6.10 Å². The third-order valence-corrected chi connectivity index (χ3v) is 13.4. The normalized spacial score (nSPS) is 12.5. The zero-order valence-corrected chi connectivity index (χ0v) is 47.7. The molecule has 6 nitrogen and oxygen atoms in total. The Labute approximate surface area is 446 Å². The molecule has 0 amide bonds. The minimum Gasteiger partial charge on any atom is -0.462 e. The van der Waals surface area contributed by atoms with Crippen LogP contribution in [0, 0.1) is 0 Å². The third kappa shape index (κ3) is 57.7. The summed E-state index contributed by atoms with van der Waals surface area (Å²) in [4.78, 5) is 38.3. The van der Waals surface area contributed by atoms with Crippen molar-refractivity contribution in [2.24, 2.45) is 0 Å². The van der Waals surface area contributed by atoms with Crippen molar-refractivity contribution in [3.63, 3.8) is 0 Å². The lowest BCUT2D eigenvalue weighted by atomic mass is 10.0. The molecule has 0 aliphatic carbocycles. The van der Waals surface area contributed by atoms with Gasteiger partial charge >= 0.3 is 17.9 Å². The largest absolute Gasteiger partial charge is 0.462 e. The monoisotopic (exact) mass is 1000 g/mol. The summed E-state index contributed by atoms with van der Waals surface area (Å²) in [6, 6.07) is 0. The molecule has 0 aliphatic heterocycles. The number of hydrogen-bond donors (Lipinski definition) is 0. The quantitative estimate of drug-likeness (QED) is 0.0261. The second-order valence-electron chi connectivity index (χ2n) is 20.6. The van der Waals surface area contributed by atoms with Crippen molar-refractivity contribution in [2.45, 2.75) is 316 Å². The first-order valence-corrected chi connectivity index (χ1v) is 30.9. The van der Waals surface area contributed by atoms with Gasteiger partial charge in [0.15, 0.2) is 6.10 Å². The summed E-state index contributed by atoms with van der Waals surface area (Å²) in [6.07, 6.45) is 77.6. The van der Waals surface area contributed by atoms with Crippen LogP contribution in [0.2, 0.25) is 0 Å². The van der Waals surface area contributed by atoms with E-state index in [-0.39, 0.29) is 31.1 Å². The molecule has 0 spiro atoms. The number of allylic oxidation sites excluding steroid dienone is 12. The van der Waals surface area contributed by atoms with Crippen molar-refractivity contribution in [2.75, 3.05) is 13.2 Å². The molecule has 1 atom stereocenters. The molecule has 0 bridgehead atoms. The predicted molar refractivity (Wildman–Crippen MR) is 311 cm³/mol. The Morgan fingerprint density at radius 1 is 0.292 bits per heavy atom. The number of ether oxygens (including phenoxy) is 3. The standard InChI is InChI=1S/C66H116O6/c1-4-7-10-13-16-19-22-25-28-30-32-34-35-38-41-44-47-50-53-56-59-65(68)71-62-63(61-70-64(67)58-55-52-49-46-43-40-37-27-24-21-18-15-12-9-6-3)72-66(69)60-57-54-51-48-45-42-39-36-33-31-29-26-23-20-17-14-11-8-5-2/h9,12,17-18,20-21,26-27,29,37,43,46,63H,4-8,10-11,13-16,19,22-25,28,30-36,38-42,44-45,47-62H2,1-3H3/b12-9-,20-17-,21-18-,29-26-,37-27-,46-43-. The number of rotatable bonds is 56. The highest BCUT2D eigenvalue weighted by Crippen LogP contribution is 2.17. The summed E-state index contributed by atoms with van der Waals surface area (Å²) in [5.74, 6) is -0.921. The number of hydrogen-bond acceptors (Lipinski definition) is 6. The molecule has 0 saturated heterocycles. The Kier molecular flexibility index (Phi) is 57.8. The van der Waals surface area contributed by atoms with E-state index in [9.17, 15) is 14.4 Å². The second kappa shape index (κ2) is 60.4. The zero-order chi connectivity index (χ0) is 52.2. The minimum atomic E-state index is -0.794. The molecule has 0 aromatic carbocycles. The smallest absolute Gasteiger partial charge is 0.306 e. The summed E-state index contributed by atoms with van der Waals surface area (Å²) in [5, 5.41) is 0. The third-order valence-electron chi connectivity index (χ3n) is 13.4. The molecule has 6 heteroatoms. The summed E-state index contributed by atoms with van der Waals surface area (Å²) in [7, 11) is 0. The molecule has 72 heavy (non-hydrogen) atoms. The molecule has 1 unspecified atom stereocenters. The lowest BCUT2D eigenvalue weighted by Gasteiger charge is -2.18. The van der Waals surface area contributed by atoms with E-state index in [4.69, 9.17) is 14.2 Å². The van der Waals surface area contributed by atoms with Gasteiger partial charge in [0.05, 0.1) is 0 Å². The van der Waals surface area contributed by atoms with Crippen LogP contribution in [0.5, 0.6) is 0 Å². The van der Waals surface area contributed by atoms with Crippen LogP contribution in [0.4, 0.5) is 0 Å². The van der Waals surface area contributed by atoms with Gasteiger partial charge in [0.1, 0.15) is 13.2 Å². The van der Waals surface area contributed by atoms with Crippen molar-refractivity contribution >= 4 is 17.9 Å². The van der Waals surface area contributed by atoms with Gasteiger partial charge in [0.25, 0.3) is 0 Å². The van der Waals surface area contributed by atoms with E-state index >= 15 is 0 Å². The lowest BCUT2D eigenvalue weighted by molar-refractivity contribution is -0.167. The Balaban J connectivity index is 4.38. The van der Waals surface area contributed by atoms with Gasteiger partial charge in [-0.3, -0.25) is 14.4 Å². The van der Waals surface area contributed by atoms with E-state index in [1.807, 2.05) is 0 Å². The van der Waals surface area contributed by atoms with E-state index in [1.165, 1.54) is 180 Å². The van der Waals surface area contributed by atoms with Gasteiger partial charge < -0.3 is 14.2 Å². The molecule has 0 aromatic heterocycles. The molecule has 0 radical (unpaired) electrons. The average molecular weight is 1010 g/mol. The van der Waals surface area contributed by atoms with Crippen molar-refractivity contribution in [1.29, 1.82) is 0 Å². The number of esters is 3. The van der Waals surface area contributed by atoms with E-state index in [1.54, 1.807) is 0 Å². The fourth-order valence-electron chi connectivity index (χ4n) is 8.82. The highest BCUT2D eigenvalue weighted by molar-refractivity contribution is 5.71. The van der Waals surface area contributed by atoms with Crippen molar-refractivity contribution in [3.05, 3.63) is 72.9 Å². The molecule has 0 rings (SSSR count). The predicted octanol–water partition coefficient (Wildman–Crippen LogP) is 20.9. The van der Waals surface area contributed by atoms with E-state index in [2.05, 4.69) is 93.7 Å². The maximum Gasteiger partial charge on any atom is 0.306 e. The molecule has 0 aromatic rings. The van der Waals surface area contributed by atoms with Gasteiger partial charge in [0.2, 0.25) is 0 Å². The Hall–Kier alpha value is -3.15. The Bertz CT molecular complexity index is 1340. The van der Waals surface area contributed by atoms with Gasteiger partial charge in [-0.25, -0.2) is 0 Å². The first kappa shape index (κ1) is 68.8. The first-order valence-electron chi connectivity index (χ1n) is 30.9. The van der Waals surface area contributed by atoms with Crippen LogP contribution >= 0.6 is 0 Å². The van der Waals surface area contributed by atoms with Crippen LogP contribution in [-0.4, -0.2) is 37.2 Å². The van der Waals surface area contributed by atoms with Gasteiger partial charge in [-0.15, -0.1) is 0 Å². The van der Waals surface area contributed by atoms with Crippen molar-refractivity contribution < 1.29 is 28.6 Å². The van der Waals surface area contributed by atoms with Crippen LogP contribution in [0.25, 0.3) is 0 Å². The maximum atomic E-state index is 12.9. The minimum absolute atomic E-state index is 0.0876. The van der Waals surface area contributed by atoms with E-state index in [0.29, 0.717) is 19.3 Å². The van der Waals surface area contributed by atoms with E-state index in [0.717, 1.165) is 89.9 Å². The molecule has 0 saturated carbocycles. The van der Waals surface area contributed by atoms with Crippen LogP contribution < -0.4 is 0 Å². The van der Waals surface area contributed by atoms with Gasteiger partial charge in [-0.05, 0) is 89.9 Å². The van der Waals surface area contributed by atoms with Gasteiger partial charge in [-0.2, -0.15) is 0 Å². The van der Waals surface area contributed by atoms with Crippen LogP contribution in [-0.2, 0) is 28.6 Å². The second-order valence-corrected chi connectivity index (χ2v) is 20.6. The van der Waals surface area contributed by atoms with Gasteiger partial charge in [0, 0.05) is 19.3 Å². The highest BCUT2D eigenvalue weighted by Gasteiger charge is 2.19. The fourth-order valence-corrected chi connectivity index (χ4v) is 8.82. The lowest BCUT2D eigenvalue weighted by Crippen LogP contribution is -2.30. The molecule has 0 heterocycles. The number of carbonyl (C=O) groups is 3. The summed E-state index contributed by atoms with van der Waals surface area (Å²) in [5.41, 5.74) is 0. The van der Waals surface area contributed by atoms with Crippen LogP contribution in [0.15, 0.2) is 72.9 Å². The average Bonchev–Trinajstić information content (AvgIpc) is 3.38. The maximum absolute atomic E-state index is 12.9. The van der Waals surface area contributed by atoms with Crippen molar-refractivity contribution in [1.82, 2.24) is 0 Å². The molecule has 416 valence electrons. The zero-order valence-electron chi connectivity index (χ0n) is 47.7. The topological polar surface area (TPSA) is 78.9 Å². The summed E-state index contributed by atoms with van der Waals surface area (Å²) >= 11 is 0. The molecule has 0 fully saturated rings. The number of unbranched alkanes of at least 4 members (excludes halogenated alkanes) is 33. The first-order chi connectivity index (χ1) is 35.5. The molecule has 0 N–H and O–H groups in total. The van der Waals surface area contributed by atoms with Crippen LogP contribution in [0.3, 0.4) is 0 Å². The Morgan fingerprint density at radius 2 is 0.542 bits per heavy atom. The molecular weight excluding hydrogens is 889 g/mol. The van der Waals surface area contributed by atoms with Crippen molar-refractivity contribution in [3.8, 4) is 0 Å². The SMILES string of the molecule is CC/C=C\C/C=C\C/C=C\C/C=C\CCCCC(=O)OCC(COC(=O)CCCCCCCCCCCCCCCCCCCCCC)OC(=O)CCCCCCCCCCC/C=C\C/C=C\CCCCC. The van der Waals surface area contributed by atoms with Crippen LogP contribution in [0.1, 0.15) is 310 Å². The molecular formula is C66H116O6. The Morgan fingerprint density at radius 3 is 0.903 bits per heavy atom. The summed E-state index contributed by atoms with van der Waals surface area (Å²) < 4.78 is 16.9. The highest BCUT2D eigenvalue weighted by atomic mass is 16.6. The number of carbonyl (C=O) groups excluding carboxylic acids is 3. The van der Waals surface area contributed by atoms with Gasteiger partial charge in [-0.1, -0.05) is 273 Å². The fraction of sp³-hybridized carbons (Fsp3) is 0.773. The molecule has 0 aliphatic rings.